The van der Waals surface area contributed by atoms with Gasteiger partial charge in [-0.25, -0.2) is 0 Å². The van der Waals surface area contributed by atoms with E-state index in [0.717, 1.165) is 16.6 Å². The molecule has 1 atom stereocenters. The van der Waals surface area contributed by atoms with E-state index in [-0.39, 0.29) is 6.04 Å². The molecule has 0 amide bonds. The third-order valence-corrected chi connectivity index (χ3v) is 4.58. The van der Waals surface area contributed by atoms with Crippen molar-refractivity contribution in [2.45, 2.75) is 25.8 Å². The maximum atomic E-state index is 5.98. The lowest BCUT2D eigenvalue weighted by molar-refractivity contribution is 0.765. The highest BCUT2D eigenvalue weighted by molar-refractivity contribution is 9.10. The Balaban J connectivity index is 2.00. The van der Waals surface area contributed by atoms with E-state index in [1.807, 2.05) is 6.92 Å². The van der Waals surface area contributed by atoms with Crippen molar-refractivity contribution in [2.75, 3.05) is 11.4 Å². The number of hydrogen-bond acceptors (Lipinski definition) is 2. The zero-order chi connectivity index (χ0) is 14.1. The van der Waals surface area contributed by atoms with Crippen LogP contribution in [-0.2, 0) is 6.42 Å². The maximum Gasteiger partial charge on any atom is 0.0443 e. The average Bonchev–Trinajstić information content (AvgIpc) is 2.46. The van der Waals surface area contributed by atoms with Gasteiger partial charge >= 0.3 is 0 Å². The smallest absolute Gasteiger partial charge is 0.0443 e. The molecule has 0 bridgehead atoms. The molecule has 0 radical (unpaired) electrons. The first-order chi connectivity index (χ1) is 9.66. The van der Waals surface area contributed by atoms with E-state index < -0.39 is 0 Å². The zero-order valence-corrected chi connectivity index (χ0v) is 13.2. The summed E-state index contributed by atoms with van der Waals surface area (Å²) in [5.41, 5.74) is 11.1. The number of para-hydroxylation sites is 1. The third-order valence-electron chi connectivity index (χ3n) is 3.90. The van der Waals surface area contributed by atoms with Crippen molar-refractivity contribution in [1.29, 1.82) is 0 Å². The molecule has 0 saturated heterocycles. The molecule has 3 rings (SSSR count). The van der Waals surface area contributed by atoms with E-state index in [1.165, 1.54) is 29.8 Å². The molecule has 0 spiro atoms. The molecule has 104 valence electrons. The summed E-state index contributed by atoms with van der Waals surface area (Å²) in [5, 5.41) is 0. The number of hydrogen-bond donors (Lipinski definition) is 1. The largest absolute Gasteiger partial charge is 0.341 e. The lowest BCUT2D eigenvalue weighted by atomic mass is 10.0. The van der Waals surface area contributed by atoms with E-state index in [1.54, 1.807) is 0 Å². The predicted molar refractivity (Wildman–Crippen MR) is 88.5 cm³/mol. The number of benzene rings is 2. The molecule has 2 nitrogen and oxygen atoms in total. The van der Waals surface area contributed by atoms with Gasteiger partial charge in [0.05, 0.1) is 0 Å². The molecule has 2 N–H and O–H groups in total. The Hall–Kier alpha value is -1.32. The normalized spacial score (nSPS) is 15.8. The Kier molecular flexibility index (Phi) is 3.81. The van der Waals surface area contributed by atoms with Crippen molar-refractivity contribution in [3.05, 3.63) is 58.1 Å². The topological polar surface area (TPSA) is 29.3 Å². The van der Waals surface area contributed by atoms with Crippen molar-refractivity contribution >= 4 is 27.3 Å². The number of nitrogens with two attached hydrogens (primary N) is 1. The fourth-order valence-corrected chi connectivity index (χ4v) is 3.58. The Morgan fingerprint density at radius 3 is 2.75 bits per heavy atom. The quantitative estimate of drug-likeness (QED) is 0.874. The van der Waals surface area contributed by atoms with E-state index in [4.69, 9.17) is 5.73 Å². The fraction of sp³-hybridized carbons (Fsp3) is 0.294. The Labute approximate surface area is 128 Å². The molecule has 0 unspecified atom stereocenters. The molecular weight excluding hydrogens is 312 g/mol. The van der Waals surface area contributed by atoms with Crippen LogP contribution in [0.3, 0.4) is 0 Å². The van der Waals surface area contributed by atoms with Crippen LogP contribution >= 0.6 is 15.9 Å². The first kappa shape index (κ1) is 13.7. The summed E-state index contributed by atoms with van der Waals surface area (Å²) in [7, 11) is 0. The van der Waals surface area contributed by atoms with Gasteiger partial charge in [-0.3, -0.25) is 0 Å². The highest BCUT2D eigenvalue weighted by Gasteiger charge is 2.18. The summed E-state index contributed by atoms with van der Waals surface area (Å²) in [6, 6.07) is 15.2. The summed E-state index contributed by atoms with van der Waals surface area (Å²) >= 11 is 3.65. The Morgan fingerprint density at radius 1 is 1.20 bits per heavy atom. The monoisotopic (exact) mass is 330 g/mol. The van der Waals surface area contributed by atoms with Gasteiger partial charge in [0.2, 0.25) is 0 Å². The van der Waals surface area contributed by atoms with Gasteiger partial charge in [0.25, 0.3) is 0 Å². The van der Waals surface area contributed by atoms with Gasteiger partial charge in [-0.2, -0.15) is 0 Å². The number of anilines is 2. The van der Waals surface area contributed by atoms with Gasteiger partial charge in [-0.05, 0) is 49.1 Å². The molecule has 3 heteroatoms. The third kappa shape index (κ3) is 2.48. The lowest BCUT2D eigenvalue weighted by Gasteiger charge is -2.31. The molecular formula is C17H19BrN2. The molecule has 2 aromatic rings. The lowest BCUT2D eigenvalue weighted by Crippen LogP contribution is -2.24. The first-order valence-electron chi connectivity index (χ1n) is 7.07. The standard InChI is InChI=1S/C17H19BrN2/c1-12(19)15-9-8-14(11-16(15)18)20-10-4-6-13-5-2-3-7-17(13)20/h2-3,5,7-9,11-12H,4,6,10,19H2,1H3/t12-/m0/s1. The highest BCUT2D eigenvalue weighted by atomic mass is 79.9. The number of fused-ring (bicyclic) bond motifs is 1. The van der Waals surface area contributed by atoms with Gasteiger partial charge < -0.3 is 10.6 Å². The molecule has 1 heterocycles. The Morgan fingerprint density at radius 2 is 2.00 bits per heavy atom. The molecule has 2 aromatic carbocycles. The van der Waals surface area contributed by atoms with Crippen molar-refractivity contribution < 1.29 is 0 Å². The second-order valence-corrected chi connectivity index (χ2v) is 6.23. The summed E-state index contributed by atoms with van der Waals surface area (Å²) in [6.07, 6.45) is 2.37. The van der Waals surface area contributed by atoms with Crippen molar-refractivity contribution in [1.82, 2.24) is 0 Å². The SMILES string of the molecule is C[C@H](N)c1ccc(N2CCCc3ccccc32)cc1Br. The second-order valence-electron chi connectivity index (χ2n) is 5.38. The maximum absolute atomic E-state index is 5.98. The van der Waals surface area contributed by atoms with Crippen LogP contribution in [0.25, 0.3) is 0 Å². The summed E-state index contributed by atoms with van der Waals surface area (Å²) in [4.78, 5) is 2.40. The summed E-state index contributed by atoms with van der Waals surface area (Å²) in [5.74, 6) is 0. The summed E-state index contributed by atoms with van der Waals surface area (Å²) < 4.78 is 1.09. The second kappa shape index (κ2) is 5.58. The fourth-order valence-electron chi connectivity index (χ4n) is 2.86. The van der Waals surface area contributed by atoms with Crippen LogP contribution in [0, 0.1) is 0 Å². The number of aryl methyl sites for hydroxylation is 1. The minimum absolute atomic E-state index is 0.0482. The molecule has 0 aromatic heterocycles. The van der Waals surface area contributed by atoms with Gasteiger partial charge in [-0.1, -0.05) is 40.2 Å². The van der Waals surface area contributed by atoms with E-state index in [2.05, 4.69) is 63.3 Å². The molecule has 0 saturated carbocycles. The average molecular weight is 331 g/mol. The molecule has 1 aliphatic heterocycles. The van der Waals surface area contributed by atoms with E-state index in [9.17, 15) is 0 Å². The van der Waals surface area contributed by atoms with Crippen LogP contribution in [0.15, 0.2) is 46.9 Å². The highest BCUT2D eigenvalue weighted by Crippen LogP contribution is 2.35. The first-order valence-corrected chi connectivity index (χ1v) is 7.86. The van der Waals surface area contributed by atoms with Crippen molar-refractivity contribution in [3.8, 4) is 0 Å². The van der Waals surface area contributed by atoms with Gasteiger partial charge in [0.1, 0.15) is 0 Å². The molecule has 20 heavy (non-hydrogen) atoms. The summed E-state index contributed by atoms with van der Waals surface area (Å²) in [6.45, 7) is 3.08. The van der Waals surface area contributed by atoms with Gasteiger partial charge in [0, 0.05) is 28.4 Å². The van der Waals surface area contributed by atoms with Crippen LogP contribution in [0.5, 0.6) is 0 Å². The number of nitrogens with zero attached hydrogens (tertiary/aromatic N) is 1. The minimum Gasteiger partial charge on any atom is -0.341 e. The van der Waals surface area contributed by atoms with Gasteiger partial charge in [-0.15, -0.1) is 0 Å². The number of halogens is 1. The Bertz CT molecular complexity index is 622. The van der Waals surface area contributed by atoms with E-state index in [0.29, 0.717) is 0 Å². The predicted octanol–water partition coefficient (Wildman–Crippen LogP) is 4.55. The van der Waals surface area contributed by atoms with Crippen molar-refractivity contribution in [3.63, 3.8) is 0 Å². The minimum atomic E-state index is 0.0482. The van der Waals surface area contributed by atoms with Crippen LogP contribution in [0.1, 0.15) is 30.5 Å². The van der Waals surface area contributed by atoms with Crippen LogP contribution in [0.2, 0.25) is 0 Å². The zero-order valence-electron chi connectivity index (χ0n) is 11.6. The van der Waals surface area contributed by atoms with E-state index >= 15 is 0 Å². The molecule has 0 aliphatic carbocycles. The molecule has 0 fully saturated rings. The molecule has 1 aliphatic rings. The van der Waals surface area contributed by atoms with Crippen molar-refractivity contribution in [2.24, 2.45) is 5.73 Å². The number of rotatable bonds is 2. The van der Waals surface area contributed by atoms with Crippen LogP contribution in [-0.4, -0.2) is 6.54 Å². The van der Waals surface area contributed by atoms with Crippen LogP contribution in [0.4, 0.5) is 11.4 Å². The van der Waals surface area contributed by atoms with Crippen LogP contribution < -0.4 is 10.6 Å². The van der Waals surface area contributed by atoms with Gasteiger partial charge in [0.15, 0.2) is 0 Å².